The van der Waals surface area contributed by atoms with Gasteiger partial charge in [-0.1, -0.05) is 43.2 Å². The van der Waals surface area contributed by atoms with Gasteiger partial charge in [-0.05, 0) is 36.5 Å². The van der Waals surface area contributed by atoms with Crippen LogP contribution in [0.25, 0.3) is 0 Å². The van der Waals surface area contributed by atoms with Crippen molar-refractivity contribution in [1.29, 1.82) is 0 Å². The van der Waals surface area contributed by atoms with Crippen LogP contribution in [-0.4, -0.2) is 16.3 Å². The molecule has 2 aromatic rings. The molecule has 0 saturated heterocycles. The van der Waals surface area contributed by atoms with Crippen LogP contribution in [-0.2, 0) is 6.61 Å². The van der Waals surface area contributed by atoms with Crippen LogP contribution in [0, 0.1) is 5.92 Å². The van der Waals surface area contributed by atoms with Crippen LogP contribution in [0.5, 0.6) is 11.5 Å². The number of hydrogen-bond donors (Lipinski definition) is 3. The lowest BCUT2D eigenvalue weighted by molar-refractivity contribution is 0.0836. The minimum Gasteiger partial charge on any atom is -0.507 e. The topological polar surface area (TPSA) is 75.7 Å². The van der Waals surface area contributed by atoms with E-state index in [0.717, 1.165) is 31.2 Å². The summed E-state index contributed by atoms with van der Waals surface area (Å²) in [6.45, 7) is 0.441. The molecule has 2 atom stereocenters. The maximum absolute atomic E-state index is 10.4. The van der Waals surface area contributed by atoms with Gasteiger partial charge in [0, 0.05) is 11.6 Å². The molecule has 0 bridgehead atoms. The first-order valence-corrected chi connectivity index (χ1v) is 8.58. The van der Waals surface area contributed by atoms with Crippen LogP contribution in [0.1, 0.15) is 42.9 Å². The Bertz CT molecular complexity index is 653. The first kappa shape index (κ1) is 16.8. The number of aliphatic hydroxyl groups is 1. The van der Waals surface area contributed by atoms with E-state index in [9.17, 15) is 10.2 Å². The Morgan fingerprint density at radius 1 is 1.08 bits per heavy atom. The van der Waals surface area contributed by atoms with Crippen molar-refractivity contribution in [1.82, 2.24) is 0 Å². The number of nitrogens with two attached hydrogens (primary N) is 1. The molecule has 24 heavy (non-hydrogen) atoms. The summed E-state index contributed by atoms with van der Waals surface area (Å²) >= 11 is 0. The predicted molar refractivity (Wildman–Crippen MR) is 93.8 cm³/mol. The Kier molecular flexibility index (Phi) is 5.38. The highest BCUT2D eigenvalue weighted by Crippen LogP contribution is 2.36. The van der Waals surface area contributed by atoms with Crippen molar-refractivity contribution in [2.75, 3.05) is 0 Å². The quantitative estimate of drug-likeness (QED) is 0.759. The number of benzene rings is 2. The van der Waals surface area contributed by atoms with Gasteiger partial charge in [0.2, 0.25) is 0 Å². The van der Waals surface area contributed by atoms with Crippen LogP contribution in [0.2, 0.25) is 0 Å². The summed E-state index contributed by atoms with van der Waals surface area (Å²) in [7, 11) is 0. The fourth-order valence-corrected chi connectivity index (χ4v) is 3.41. The average Bonchev–Trinajstić information content (AvgIpc) is 3.14. The zero-order valence-electron chi connectivity index (χ0n) is 13.8. The zero-order chi connectivity index (χ0) is 16.9. The van der Waals surface area contributed by atoms with Crippen molar-refractivity contribution in [2.24, 2.45) is 11.7 Å². The summed E-state index contributed by atoms with van der Waals surface area (Å²) in [5.41, 5.74) is 7.82. The number of phenolic OH excluding ortho intramolecular Hbond substituents is 1. The minimum absolute atomic E-state index is 0.0742. The first-order chi connectivity index (χ1) is 11.6. The Hall–Kier alpha value is -2.04. The van der Waals surface area contributed by atoms with E-state index in [2.05, 4.69) is 0 Å². The number of rotatable bonds is 6. The number of ether oxygens (including phenoxy) is 1. The Balaban J connectivity index is 1.65. The van der Waals surface area contributed by atoms with Crippen LogP contribution >= 0.6 is 0 Å². The van der Waals surface area contributed by atoms with Crippen LogP contribution < -0.4 is 10.5 Å². The van der Waals surface area contributed by atoms with E-state index in [-0.39, 0.29) is 11.7 Å². The molecular weight excluding hydrogens is 302 g/mol. The van der Waals surface area contributed by atoms with Crippen molar-refractivity contribution in [2.45, 2.75) is 44.4 Å². The van der Waals surface area contributed by atoms with Crippen molar-refractivity contribution >= 4 is 0 Å². The first-order valence-electron chi connectivity index (χ1n) is 8.58. The second kappa shape index (κ2) is 7.69. The van der Waals surface area contributed by atoms with Gasteiger partial charge in [-0.25, -0.2) is 0 Å². The SMILES string of the molecule is N[C@H](c1ccc(OCc2ccccc2)cc1O)[C@@H](O)C1CCCC1. The van der Waals surface area contributed by atoms with Crippen molar-refractivity contribution in [3.8, 4) is 11.5 Å². The highest BCUT2D eigenvalue weighted by molar-refractivity contribution is 5.42. The van der Waals surface area contributed by atoms with E-state index < -0.39 is 12.1 Å². The van der Waals surface area contributed by atoms with E-state index in [0.29, 0.717) is 17.9 Å². The predicted octanol–water partition coefficient (Wildman–Crippen LogP) is 3.52. The van der Waals surface area contributed by atoms with Crippen molar-refractivity contribution in [3.05, 3.63) is 59.7 Å². The Morgan fingerprint density at radius 2 is 1.79 bits per heavy atom. The average molecular weight is 327 g/mol. The van der Waals surface area contributed by atoms with E-state index in [1.54, 1.807) is 18.2 Å². The standard InChI is InChI=1S/C20H25NO3/c21-19(20(23)15-8-4-5-9-15)17-11-10-16(12-18(17)22)24-13-14-6-2-1-3-7-14/h1-3,6-7,10-12,15,19-20,22-23H,4-5,8-9,13,21H2/t19-,20+/m1/s1. The lowest BCUT2D eigenvalue weighted by atomic mass is 9.90. The van der Waals surface area contributed by atoms with E-state index in [1.807, 2.05) is 30.3 Å². The highest BCUT2D eigenvalue weighted by Gasteiger charge is 2.30. The van der Waals surface area contributed by atoms with Gasteiger partial charge in [-0.15, -0.1) is 0 Å². The molecule has 0 spiro atoms. The van der Waals surface area contributed by atoms with Crippen LogP contribution in [0.3, 0.4) is 0 Å². The number of phenols is 1. The Morgan fingerprint density at radius 3 is 2.46 bits per heavy atom. The molecule has 0 amide bonds. The summed E-state index contributed by atoms with van der Waals surface area (Å²) in [6.07, 6.45) is 3.69. The second-order valence-electron chi connectivity index (χ2n) is 6.56. The number of hydrogen-bond acceptors (Lipinski definition) is 4. The summed E-state index contributed by atoms with van der Waals surface area (Å²) < 4.78 is 5.70. The van der Waals surface area contributed by atoms with Gasteiger partial charge in [0.05, 0.1) is 12.1 Å². The molecular formula is C20H25NO3. The molecule has 0 aliphatic heterocycles. The molecule has 0 unspecified atom stereocenters. The lowest BCUT2D eigenvalue weighted by Crippen LogP contribution is -2.31. The molecule has 1 saturated carbocycles. The molecule has 1 aliphatic rings. The highest BCUT2D eigenvalue weighted by atomic mass is 16.5. The van der Waals surface area contributed by atoms with Gasteiger partial charge < -0.3 is 20.7 Å². The smallest absolute Gasteiger partial charge is 0.124 e. The van der Waals surface area contributed by atoms with Gasteiger partial charge in [0.25, 0.3) is 0 Å². The molecule has 4 N–H and O–H groups in total. The largest absolute Gasteiger partial charge is 0.507 e. The van der Waals surface area contributed by atoms with Gasteiger partial charge in [-0.3, -0.25) is 0 Å². The Labute approximate surface area is 142 Å². The molecule has 4 heteroatoms. The lowest BCUT2D eigenvalue weighted by Gasteiger charge is -2.25. The molecule has 1 fully saturated rings. The number of aromatic hydroxyl groups is 1. The van der Waals surface area contributed by atoms with Crippen molar-refractivity contribution in [3.63, 3.8) is 0 Å². The fourth-order valence-electron chi connectivity index (χ4n) is 3.41. The third-order valence-corrected chi connectivity index (χ3v) is 4.86. The van der Waals surface area contributed by atoms with Gasteiger partial charge >= 0.3 is 0 Å². The molecule has 1 aliphatic carbocycles. The third kappa shape index (κ3) is 3.89. The van der Waals surface area contributed by atoms with Crippen LogP contribution in [0.15, 0.2) is 48.5 Å². The normalized spacial score (nSPS) is 17.6. The summed E-state index contributed by atoms with van der Waals surface area (Å²) in [6, 6.07) is 14.4. The molecule has 0 radical (unpaired) electrons. The monoisotopic (exact) mass is 327 g/mol. The summed E-state index contributed by atoms with van der Waals surface area (Å²) in [5.74, 6) is 0.890. The molecule has 3 rings (SSSR count). The summed E-state index contributed by atoms with van der Waals surface area (Å²) in [5, 5.41) is 20.7. The molecule has 0 heterocycles. The fraction of sp³-hybridized carbons (Fsp3) is 0.400. The van der Waals surface area contributed by atoms with Gasteiger partial charge in [0.1, 0.15) is 18.1 Å². The third-order valence-electron chi connectivity index (χ3n) is 4.86. The molecule has 2 aromatic carbocycles. The van der Waals surface area contributed by atoms with Gasteiger partial charge in [-0.2, -0.15) is 0 Å². The maximum Gasteiger partial charge on any atom is 0.124 e. The van der Waals surface area contributed by atoms with E-state index >= 15 is 0 Å². The maximum atomic E-state index is 10.4. The second-order valence-corrected chi connectivity index (χ2v) is 6.56. The zero-order valence-corrected chi connectivity index (χ0v) is 13.8. The summed E-state index contributed by atoms with van der Waals surface area (Å²) in [4.78, 5) is 0. The van der Waals surface area contributed by atoms with Crippen molar-refractivity contribution < 1.29 is 14.9 Å². The minimum atomic E-state index is -0.616. The number of aliphatic hydroxyl groups excluding tert-OH is 1. The molecule has 4 nitrogen and oxygen atoms in total. The van der Waals surface area contributed by atoms with Crippen LogP contribution in [0.4, 0.5) is 0 Å². The molecule has 0 aromatic heterocycles. The molecule has 128 valence electrons. The van der Waals surface area contributed by atoms with E-state index in [4.69, 9.17) is 10.5 Å². The van der Waals surface area contributed by atoms with E-state index in [1.165, 1.54) is 0 Å². The van der Waals surface area contributed by atoms with Gasteiger partial charge in [0.15, 0.2) is 0 Å².